The highest BCUT2D eigenvalue weighted by Gasteiger charge is 2.11. The number of carbonyl (C=O) groups excluding carboxylic acids is 2. The van der Waals surface area contributed by atoms with Gasteiger partial charge in [0.1, 0.15) is 0 Å². The second-order valence-corrected chi connectivity index (χ2v) is 3.49. The Kier molecular flexibility index (Phi) is 4.51. The minimum atomic E-state index is -0.501. The lowest BCUT2D eigenvalue weighted by Gasteiger charge is -2.21. The molecule has 17 heavy (non-hydrogen) atoms. The van der Waals surface area contributed by atoms with Crippen LogP contribution in [0.2, 0.25) is 0 Å². The highest BCUT2D eigenvalue weighted by Crippen LogP contribution is 2.21. The number of amides is 3. The minimum Gasteiger partial charge on any atom is -0.351 e. The lowest BCUT2D eigenvalue weighted by molar-refractivity contribution is -0.107. The molecule has 3 amide bonds. The SMILES string of the molecule is CCN(C=O)c1cccc(N(CC)C(N)=O)c1. The molecule has 5 nitrogen and oxygen atoms in total. The second kappa shape index (κ2) is 5.89. The fourth-order valence-electron chi connectivity index (χ4n) is 1.62. The Hall–Kier alpha value is -2.04. The molecule has 0 fully saturated rings. The summed E-state index contributed by atoms with van der Waals surface area (Å²) in [6, 6.07) is 6.67. The van der Waals surface area contributed by atoms with Gasteiger partial charge in [-0.2, -0.15) is 0 Å². The molecule has 2 N–H and O–H groups in total. The normalized spacial score (nSPS) is 9.76. The average Bonchev–Trinajstić information content (AvgIpc) is 2.31. The molecule has 0 saturated carbocycles. The first kappa shape index (κ1) is 13.0. The van der Waals surface area contributed by atoms with Crippen LogP contribution >= 0.6 is 0 Å². The van der Waals surface area contributed by atoms with Gasteiger partial charge in [-0.05, 0) is 32.0 Å². The van der Waals surface area contributed by atoms with Crippen LogP contribution in [0.15, 0.2) is 24.3 Å². The summed E-state index contributed by atoms with van der Waals surface area (Å²) in [5.74, 6) is 0. The fraction of sp³-hybridized carbons (Fsp3) is 0.333. The van der Waals surface area contributed by atoms with Crippen LogP contribution in [0.5, 0.6) is 0 Å². The van der Waals surface area contributed by atoms with Gasteiger partial charge in [0.05, 0.1) is 0 Å². The summed E-state index contributed by atoms with van der Waals surface area (Å²) in [5.41, 5.74) is 6.72. The van der Waals surface area contributed by atoms with Crippen molar-refractivity contribution in [1.82, 2.24) is 0 Å². The maximum atomic E-state index is 11.2. The third-order valence-corrected chi connectivity index (χ3v) is 2.52. The minimum absolute atomic E-state index is 0.492. The van der Waals surface area contributed by atoms with Gasteiger partial charge in [-0.15, -0.1) is 0 Å². The maximum Gasteiger partial charge on any atom is 0.319 e. The first-order chi connectivity index (χ1) is 8.13. The van der Waals surface area contributed by atoms with Gasteiger partial charge in [0.2, 0.25) is 6.41 Å². The molecule has 0 aromatic heterocycles. The second-order valence-electron chi connectivity index (χ2n) is 3.49. The molecule has 1 rings (SSSR count). The van der Waals surface area contributed by atoms with Crippen LogP contribution in [-0.2, 0) is 4.79 Å². The number of urea groups is 1. The van der Waals surface area contributed by atoms with Crippen LogP contribution in [0.25, 0.3) is 0 Å². The van der Waals surface area contributed by atoms with Crippen molar-refractivity contribution >= 4 is 23.8 Å². The average molecular weight is 235 g/mol. The van der Waals surface area contributed by atoms with Crippen LogP contribution in [0, 0.1) is 0 Å². The summed E-state index contributed by atoms with van der Waals surface area (Å²) in [4.78, 5) is 25.1. The van der Waals surface area contributed by atoms with Crippen molar-refractivity contribution in [2.75, 3.05) is 22.9 Å². The summed E-state index contributed by atoms with van der Waals surface area (Å²) >= 11 is 0. The van der Waals surface area contributed by atoms with E-state index in [0.29, 0.717) is 18.8 Å². The van der Waals surface area contributed by atoms with Crippen LogP contribution in [-0.4, -0.2) is 25.5 Å². The van der Waals surface area contributed by atoms with Gasteiger partial charge in [0.15, 0.2) is 0 Å². The van der Waals surface area contributed by atoms with E-state index in [2.05, 4.69) is 0 Å². The van der Waals surface area contributed by atoms with Crippen molar-refractivity contribution < 1.29 is 9.59 Å². The molecule has 1 aromatic rings. The summed E-state index contributed by atoms with van der Waals surface area (Å²) in [6.07, 6.45) is 0.764. The molecule has 0 atom stereocenters. The summed E-state index contributed by atoms with van der Waals surface area (Å²) in [6.45, 7) is 4.79. The van der Waals surface area contributed by atoms with E-state index in [0.717, 1.165) is 12.1 Å². The number of carbonyl (C=O) groups is 2. The number of primary amides is 1. The van der Waals surface area contributed by atoms with Crippen molar-refractivity contribution in [3.63, 3.8) is 0 Å². The van der Waals surface area contributed by atoms with E-state index in [1.807, 2.05) is 19.9 Å². The molecule has 92 valence electrons. The Morgan fingerprint density at radius 2 is 1.94 bits per heavy atom. The Labute approximate surface area is 101 Å². The Bertz CT molecular complexity index is 406. The molecule has 5 heteroatoms. The molecule has 1 aromatic carbocycles. The highest BCUT2D eigenvalue weighted by atomic mass is 16.2. The van der Waals surface area contributed by atoms with Crippen LogP contribution in [0.3, 0.4) is 0 Å². The number of benzene rings is 1. The van der Waals surface area contributed by atoms with Gasteiger partial charge in [-0.3, -0.25) is 9.69 Å². The first-order valence-electron chi connectivity index (χ1n) is 5.53. The van der Waals surface area contributed by atoms with Crippen molar-refractivity contribution in [3.05, 3.63) is 24.3 Å². The standard InChI is InChI=1S/C12H17N3O2/c1-3-14(9-16)10-6-5-7-11(8-10)15(4-2)12(13)17/h5-9H,3-4H2,1-2H3,(H2,13,17). The molecular formula is C12H17N3O2. The van der Waals surface area contributed by atoms with E-state index in [-0.39, 0.29) is 0 Å². The predicted molar refractivity (Wildman–Crippen MR) is 68.1 cm³/mol. The number of rotatable bonds is 5. The molecule has 0 heterocycles. The van der Waals surface area contributed by atoms with Gasteiger partial charge >= 0.3 is 6.03 Å². The first-order valence-corrected chi connectivity index (χ1v) is 5.53. The zero-order chi connectivity index (χ0) is 12.8. The lowest BCUT2D eigenvalue weighted by Crippen LogP contribution is -2.35. The number of hydrogen-bond acceptors (Lipinski definition) is 2. The zero-order valence-electron chi connectivity index (χ0n) is 10.1. The molecule has 0 aliphatic carbocycles. The van der Waals surface area contributed by atoms with E-state index in [9.17, 15) is 9.59 Å². The van der Waals surface area contributed by atoms with Crippen LogP contribution in [0.4, 0.5) is 16.2 Å². The quantitative estimate of drug-likeness (QED) is 0.787. The third kappa shape index (κ3) is 2.96. The lowest BCUT2D eigenvalue weighted by atomic mass is 10.2. The van der Waals surface area contributed by atoms with Gasteiger partial charge < -0.3 is 10.6 Å². The van der Waals surface area contributed by atoms with Crippen molar-refractivity contribution in [1.29, 1.82) is 0 Å². The molecule has 0 saturated heterocycles. The molecule has 0 bridgehead atoms. The number of nitrogens with zero attached hydrogens (tertiary/aromatic N) is 2. The van der Waals surface area contributed by atoms with Crippen molar-refractivity contribution in [2.24, 2.45) is 5.73 Å². The predicted octanol–water partition coefficient (Wildman–Crippen LogP) is 1.57. The zero-order valence-corrected chi connectivity index (χ0v) is 10.1. The monoisotopic (exact) mass is 235 g/mol. The largest absolute Gasteiger partial charge is 0.351 e. The molecule has 0 spiro atoms. The number of nitrogens with two attached hydrogens (primary N) is 1. The van der Waals surface area contributed by atoms with Gasteiger partial charge in [0, 0.05) is 24.5 Å². The van der Waals surface area contributed by atoms with Gasteiger partial charge in [0.25, 0.3) is 0 Å². The van der Waals surface area contributed by atoms with Gasteiger partial charge in [-0.1, -0.05) is 6.07 Å². The van der Waals surface area contributed by atoms with Crippen LogP contribution in [0.1, 0.15) is 13.8 Å². The van der Waals surface area contributed by atoms with E-state index < -0.39 is 6.03 Å². The molecule has 0 aliphatic rings. The highest BCUT2D eigenvalue weighted by molar-refractivity contribution is 5.91. The van der Waals surface area contributed by atoms with E-state index in [1.165, 1.54) is 4.90 Å². The van der Waals surface area contributed by atoms with E-state index in [1.54, 1.807) is 23.1 Å². The Balaban J connectivity index is 3.07. The number of anilines is 2. The van der Waals surface area contributed by atoms with Gasteiger partial charge in [-0.25, -0.2) is 4.79 Å². The van der Waals surface area contributed by atoms with Crippen molar-refractivity contribution in [3.8, 4) is 0 Å². The van der Waals surface area contributed by atoms with Crippen molar-refractivity contribution in [2.45, 2.75) is 13.8 Å². The molecule has 0 unspecified atom stereocenters. The maximum absolute atomic E-state index is 11.2. The number of hydrogen-bond donors (Lipinski definition) is 1. The molecule has 0 aliphatic heterocycles. The van der Waals surface area contributed by atoms with Crippen LogP contribution < -0.4 is 15.5 Å². The smallest absolute Gasteiger partial charge is 0.319 e. The fourth-order valence-corrected chi connectivity index (χ4v) is 1.62. The van der Waals surface area contributed by atoms with E-state index >= 15 is 0 Å². The third-order valence-electron chi connectivity index (χ3n) is 2.52. The topological polar surface area (TPSA) is 66.6 Å². The Morgan fingerprint density at radius 1 is 1.29 bits per heavy atom. The Morgan fingerprint density at radius 3 is 2.41 bits per heavy atom. The summed E-state index contributed by atoms with van der Waals surface area (Å²) < 4.78 is 0. The molecular weight excluding hydrogens is 218 g/mol. The van der Waals surface area contributed by atoms with E-state index in [4.69, 9.17) is 5.73 Å². The summed E-state index contributed by atoms with van der Waals surface area (Å²) in [5, 5.41) is 0. The molecule has 0 radical (unpaired) electrons. The summed E-state index contributed by atoms with van der Waals surface area (Å²) in [7, 11) is 0.